The van der Waals surface area contributed by atoms with Crippen LogP contribution in [0.2, 0.25) is 19.1 Å². The van der Waals surface area contributed by atoms with Crippen molar-refractivity contribution in [3.05, 3.63) is 54.1 Å². The molecule has 3 aromatic rings. The maximum atomic E-state index is 14.0. The van der Waals surface area contributed by atoms with Crippen molar-refractivity contribution in [2.45, 2.75) is 136 Å². The lowest BCUT2D eigenvalue weighted by Crippen LogP contribution is -2.35. The lowest BCUT2D eigenvalue weighted by atomic mass is 9.95. The summed E-state index contributed by atoms with van der Waals surface area (Å²) in [4.78, 5) is 28.4. The van der Waals surface area contributed by atoms with Crippen LogP contribution in [0, 0.1) is 0 Å². The molecule has 0 fully saturated rings. The summed E-state index contributed by atoms with van der Waals surface area (Å²) in [6.07, 6.45) is 12.8. The fourth-order valence-corrected chi connectivity index (χ4v) is 10.3. The number of carbonyl (C=O) groups is 2. The molecule has 62 heavy (non-hydrogen) atoms. The molecule has 1 aromatic heterocycles. The van der Waals surface area contributed by atoms with Crippen LogP contribution in [0.4, 0.5) is 5.69 Å². The maximum absolute atomic E-state index is 14.0. The van der Waals surface area contributed by atoms with Gasteiger partial charge in [0.25, 0.3) is 0 Å². The molecule has 2 heterocycles. The normalized spacial score (nSPS) is 12.5. The van der Waals surface area contributed by atoms with E-state index in [-0.39, 0.29) is 37.8 Å². The lowest BCUT2D eigenvalue weighted by molar-refractivity contribution is -0.122. The minimum absolute atomic E-state index is 0.0669. The van der Waals surface area contributed by atoms with Gasteiger partial charge in [-0.3, -0.25) is 9.59 Å². The van der Waals surface area contributed by atoms with Crippen molar-refractivity contribution < 1.29 is 37.7 Å². The van der Waals surface area contributed by atoms with E-state index < -0.39 is 8.32 Å². The van der Waals surface area contributed by atoms with Crippen LogP contribution in [-0.2, 0) is 50.8 Å². The second-order valence-corrected chi connectivity index (χ2v) is 21.2. The Morgan fingerprint density at radius 3 is 1.87 bits per heavy atom. The number of aryl methyl sites for hydroxylation is 1. The summed E-state index contributed by atoms with van der Waals surface area (Å²) in [6, 6.07) is 17.4. The van der Waals surface area contributed by atoms with Gasteiger partial charge in [-0.15, -0.1) is 5.10 Å². The molecule has 0 atom stereocenters. The molecule has 4 rings (SSSR count). The first-order chi connectivity index (χ1) is 30.2. The summed E-state index contributed by atoms with van der Waals surface area (Å²) in [5.74, 6) is -0.226. The second kappa shape index (κ2) is 29.8. The Balaban J connectivity index is 1.16. The van der Waals surface area contributed by atoms with E-state index in [1.54, 1.807) is 0 Å². The van der Waals surface area contributed by atoms with E-state index in [2.05, 4.69) is 62.6 Å². The Hall–Kier alpha value is -3.50. The van der Waals surface area contributed by atoms with Crippen LogP contribution in [-0.4, -0.2) is 114 Å². The minimum Gasteiger partial charge on any atom is -0.415 e. The number of para-hydroxylation sites is 1. The van der Waals surface area contributed by atoms with Gasteiger partial charge in [0.2, 0.25) is 11.8 Å². The number of benzene rings is 2. The standard InChI is InChI=1S/C48H77N5O8Si/c1-6-28-56-30-32-58-34-36-60-37-35-59-33-31-57-29-25-45(54)49-26-24-46(55)52-39-41-20-14-15-21-42(41)47-48(43-22-16-17-23-44(43)52)53(51-50-47)27-18-12-10-8-7-9-11-13-19-38-62(4,5)61-40(2)3/h14-17,20-23,40H,6-13,18-19,24-39H2,1-5H3,(H,49,54). The molecule has 1 aliphatic rings. The fourth-order valence-electron chi connectivity index (χ4n) is 7.76. The highest BCUT2D eigenvalue weighted by atomic mass is 28.4. The topological polar surface area (TPSA) is 135 Å². The molecule has 0 saturated carbocycles. The molecule has 0 unspecified atom stereocenters. The number of hydrogen-bond donors (Lipinski definition) is 1. The van der Waals surface area contributed by atoms with Gasteiger partial charge < -0.3 is 38.3 Å². The van der Waals surface area contributed by atoms with E-state index >= 15 is 0 Å². The van der Waals surface area contributed by atoms with Gasteiger partial charge >= 0.3 is 0 Å². The summed E-state index contributed by atoms with van der Waals surface area (Å²) >= 11 is 0. The van der Waals surface area contributed by atoms with Crippen LogP contribution in [0.5, 0.6) is 0 Å². The largest absolute Gasteiger partial charge is 0.415 e. The van der Waals surface area contributed by atoms with Crippen LogP contribution >= 0.6 is 0 Å². The summed E-state index contributed by atoms with van der Waals surface area (Å²) in [5, 5.41) is 12.3. The number of aromatic nitrogens is 3. The second-order valence-electron chi connectivity index (χ2n) is 16.9. The zero-order valence-electron chi connectivity index (χ0n) is 38.6. The van der Waals surface area contributed by atoms with E-state index in [0.29, 0.717) is 65.5 Å². The first-order valence-corrected chi connectivity index (χ1v) is 26.6. The molecule has 0 saturated heterocycles. The molecule has 1 aliphatic heterocycles. The number of unbranched alkanes of at least 4 members (excludes halogenated alkanes) is 8. The van der Waals surface area contributed by atoms with Gasteiger partial charge in [-0.2, -0.15) is 0 Å². The summed E-state index contributed by atoms with van der Waals surface area (Å²) in [5.41, 5.74) is 5.53. The number of fused-ring (bicyclic) bond motifs is 5. The number of amides is 2. The van der Waals surface area contributed by atoms with Crippen molar-refractivity contribution in [1.82, 2.24) is 20.3 Å². The van der Waals surface area contributed by atoms with E-state index in [4.69, 9.17) is 33.2 Å². The first kappa shape index (κ1) is 51.1. The van der Waals surface area contributed by atoms with Crippen molar-refractivity contribution in [2.75, 3.05) is 77.5 Å². The molecule has 14 heteroatoms. The van der Waals surface area contributed by atoms with Gasteiger partial charge in [-0.25, -0.2) is 4.68 Å². The molecule has 0 radical (unpaired) electrons. The highest BCUT2D eigenvalue weighted by Gasteiger charge is 2.29. The molecular formula is C48H77N5O8Si. The number of nitrogens with one attached hydrogen (secondary N) is 1. The third-order valence-electron chi connectivity index (χ3n) is 10.8. The number of hydrogen-bond acceptors (Lipinski definition) is 10. The van der Waals surface area contributed by atoms with Gasteiger partial charge in [0.05, 0.1) is 77.4 Å². The van der Waals surface area contributed by atoms with Crippen LogP contribution in [0.15, 0.2) is 48.5 Å². The third-order valence-corrected chi connectivity index (χ3v) is 13.4. The van der Waals surface area contributed by atoms with Gasteiger partial charge in [0.1, 0.15) is 5.69 Å². The number of rotatable bonds is 34. The zero-order chi connectivity index (χ0) is 44.3. The smallest absolute Gasteiger partial charge is 0.229 e. The number of anilines is 1. The summed E-state index contributed by atoms with van der Waals surface area (Å²) < 4.78 is 35.7. The molecule has 13 nitrogen and oxygen atoms in total. The Bertz CT molecular complexity index is 1710. The molecule has 0 bridgehead atoms. The SMILES string of the molecule is CCCOCCOCCOCCOCCOCCC(=O)NCCC(=O)N1Cc2ccccc2-c2nnn(CCCCCCCCCCC[Si](C)(C)OC(C)C)c2-c2ccccc21. The predicted molar refractivity (Wildman–Crippen MR) is 249 cm³/mol. The monoisotopic (exact) mass is 880 g/mol. The average Bonchev–Trinajstić information content (AvgIpc) is 3.66. The first-order valence-electron chi connectivity index (χ1n) is 23.4. The van der Waals surface area contributed by atoms with Gasteiger partial charge in [0, 0.05) is 49.8 Å². The van der Waals surface area contributed by atoms with Crippen LogP contribution in [0.3, 0.4) is 0 Å². The van der Waals surface area contributed by atoms with Crippen molar-refractivity contribution in [3.63, 3.8) is 0 Å². The van der Waals surface area contributed by atoms with Gasteiger partial charge in [-0.05, 0) is 57.5 Å². The fraction of sp³-hybridized carbons (Fsp3) is 0.667. The van der Waals surface area contributed by atoms with Crippen LogP contribution < -0.4 is 10.2 Å². The Kier molecular flexibility index (Phi) is 24.6. The van der Waals surface area contributed by atoms with Crippen molar-refractivity contribution in [3.8, 4) is 22.5 Å². The van der Waals surface area contributed by atoms with Crippen molar-refractivity contribution >= 4 is 25.8 Å². The predicted octanol–water partition coefficient (Wildman–Crippen LogP) is 8.99. The van der Waals surface area contributed by atoms with E-state index in [0.717, 1.165) is 66.2 Å². The van der Waals surface area contributed by atoms with E-state index in [1.807, 2.05) is 39.9 Å². The van der Waals surface area contributed by atoms with Crippen LogP contribution in [0.25, 0.3) is 22.5 Å². The molecule has 2 amide bonds. The third kappa shape index (κ3) is 19.1. The Morgan fingerprint density at radius 2 is 1.24 bits per heavy atom. The minimum atomic E-state index is -1.51. The van der Waals surface area contributed by atoms with Crippen molar-refractivity contribution in [2.24, 2.45) is 0 Å². The number of carbonyl (C=O) groups excluding carboxylic acids is 2. The lowest BCUT2D eigenvalue weighted by Gasteiger charge is -2.29. The summed E-state index contributed by atoms with van der Waals surface area (Å²) in [7, 11) is -1.51. The Labute approximate surface area is 373 Å². The number of ether oxygens (including phenoxy) is 5. The average molecular weight is 880 g/mol. The molecule has 1 N–H and O–H groups in total. The van der Waals surface area contributed by atoms with E-state index in [9.17, 15) is 9.59 Å². The molecule has 0 spiro atoms. The van der Waals surface area contributed by atoms with Gasteiger partial charge in [0.15, 0.2) is 8.32 Å². The molecular weight excluding hydrogens is 803 g/mol. The maximum Gasteiger partial charge on any atom is 0.229 e. The van der Waals surface area contributed by atoms with Gasteiger partial charge in [-0.1, -0.05) is 106 Å². The molecule has 0 aliphatic carbocycles. The quantitative estimate of drug-likeness (QED) is 0.0458. The zero-order valence-corrected chi connectivity index (χ0v) is 39.6. The van der Waals surface area contributed by atoms with E-state index in [1.165, 1.54) is 51.0 Å². The molecule has 2 aromatic carbocycles. The highest BCUT2D eigenvalue weighted by Crippen LogP contribution is 2.41. The Morgan fingerprint density at radius 1 is 0.694 bits per heavy atom. The molecule has 346 valence electrons. The highest BCUT2D eigenvalue weighted by molar-refractivity contribution is 6.71. The van der Waals surface area contributed by atoms with Crippen molar-refractivity contribution in [1.29, 1.82) is 0 Å². The van der Waals surface area contributed by atoms with Crippen LogP contribution in [0.1, 0.15) is 103 Å². The summed E-state index contributed by atoms with van der Waals surface area (Å²) in [6.45, 7) is 17.4. The number of nitrogens with zero attached hydrogens (tertiary/aromatic N) is 4.